The SMILES string of the molecule is CNc1nc(NCc2ncc(C)s2)c(F)cc1F. The van der Waals surface area contributed by atoms with E-state index in [0.29, 0.717) is 6.54 Å². The van der Waals surface area contributed by atoms with Crippen molar-refractivity contribution in [1.82, 2.24) is 9.97 Å². The zero-order valence-electron chi connectivity index (χ0n) is 9.92. The first-order valence-electron chi connectivity index (χ1n) is 5.29. The molecule has 18 heavy (non-hydrogen) atoms. The molecule has 7 heteroatoms. The third-order valence-corrected chi connectivity index (χ3v) is 3.16. The van der Waals surface area contributed by atoms with Crippen molar-refractivity contribution in [1.29, 1.82) is 0 Å². The number of nitrogens with zero attached hydrogens (tertiary/aromatic N) is 2. The number of nitrogens with one attached hydrogen (secondary N) is 2. The van der Waals surface area contributed by atoms with Crippen molar-refractivity contribution in [3.63, 3.8) is 0 Å². The molecule has 0 unspecified atom stereocenters. The zero-order valence-corrected chi connectivity index (χ0v) is 10.7. The average molecular weight is 270 g/mol. The first kappa shape index (κ1) is 12.7. The Morgan fingerprint density at radius 1 is 1.28 bits per heavy atom. The van der Waals surface area contributed by atoms with Crippen LogP contribution in [0.2, 0.25) is 0 Å². The number of aromatic nitrogens is 2. The molecule has 0 saturated heterocycles. The Hall–Kier alpha value is -1.76. The van der Waals surface area contributed by atoms with E-state index in [-0.39, 0.29) is 11.6 Å². The molecule has 2 N–H and O–H groups in total. The molecule has 2 rings (SSSR count). The Morgan fingerprint density at radius 2 is 2.00 bits per heavy atom. The summed E-state index contributed by atoms with van der Waals surface area (Å²) in [6.45, 7) is 2.30. The summed E-state index contributed by atoms with van der Waals surface area (Å²) in [7, 11) is 1.53. The van der Waals surface area contributed by atoms with Crippen LogP contribution in [0.3, 0.4) is 0 Å². The van der Waals surface area contributed by atoms with Crippen LogP contribution in [0, 0.1) is 18.6 Å². The van der Waals surface area contributed by atoms with Gasteiger partial charge in [0.1, 0.15) is 5.01 Å². The molecule has 0 amide bonds. The zero-order chi connectivity index (χ0) is 13.1. The van der Waals surface area contributed by atoms with Gasteiger partial charge in [-0.25, -0.2) is 18.7 Å². The molecule has 0 fully saturated rings. The normalized spacial score (nSPS) is 10.4. The fourth-order valence-electron chi connectivity index (χ4n) is 1.41. The number of rotatable bonds is 4. The van der Waals surface area contributed by atoms with E-state index in [1.807, 2.05) is 6.92 Å². The molecular formula is C11H12F2N4S. The Labute approximate surface area is 107 Å². The third-order valence-electron chi connectivity index (χ3n) is 2.24. The largest absolute Gasteiger partial charge is 0.371 e. The van der Waals surface area contributed by atoms with Gasteiger partial charge in [0.15, 0.2) is 23.3 Å². The third kappa shape index (κ3) is 2.73. The van der Waals surface area contributed by atoms with Gasteiger partial charge in [-0.2, -0.15) is 0 Å². The maximum Gasteiger partial charge on any atom is 0.168 e. The van der Waals surface area contributed by atoms with Crippen LogP contribution in [0.5, 0.6) is 0 Å². The van der Waals surface area contributed by atoms with E-state index in [1.165, 1.54) is 18.4 Å². The van der Waals surface area contributed by atoms with Gasteiger partial charge >= 0.3 is 0 Å². The fraction of sp³-hybridized carbons (Fsp3) is 0.273. The van der Waals surface area contributed by atoms with Crippen LogP contribution in [0.15, 0.2) is 12.3 Å². The van der Waals surface area contributed by atoms with Crippen LogP contribution >= 0.6 is 11.3 Å². The highest BCUT2D eigenvalue weighted by atomic mass is 32.1. The van der Waals surface area contributed by atoms with Gasteiger partial charge in [0.2, 0.25) is 0 Å². The second-order valence-electron chi connectivity index (χ2n) is 3.62. The first-order chi connectivity index (χ1) is 8.60. The standard InChI is InChI=1S/C11H12F2N4S/c1-6-4-15-9(18-6)5-16-11-8(13)3-7(12)10(14-2)17-11/h3-4H,5H2,1-2H3,(H2,14,16,17). The molecule has 0 saturated carbocycles. The van der Waals surface area contributed by atoms with Crippen molar-refractivity contribution >= 4 is 23.0 Å². The summed E-state index contributed by atoms with van der Waals surface area (Å²) in [5.74, 6) is -1.42. The highest BCUT2D eigenvalue weighted by Gasteiger charge is 2.11. The fourth-order valence-corrected chi connectivity index (χ4v) is 2.14. The van der Waals surface area contributed by atoms with E-state index >= 15 is 0 Å². The summed E-state index contributed by atoms with van der Waals surface area (Å²) in [6.07, 6.45) is 1.75. The number of hydrogen-bond donors (Lipinski definition) is 2. The summed E-state index contributed by atoms with van der Waals surface area (Å²) < 4.78 is 26.7. The highest BCUT2D eigenvalue weighted by Crippen LogP contribution is 2.20. The molecule has 2 heterocycles. The van der Waals surface area contributed by atoms with Crippen molar-refractivity contribution in [3.8, 4) is 0 Å². The van der Waals surface area contributed by atoms with Crippen LogP contribution in [0.4, 0.5) is 20.4 Å². The van der Waals surface area contributed by atoms with Gasteiger partial charge in [-0.05, 0) is 6.92 Å². The number of thiazole rings is 1. The molecule has 0 spiro atoms. The quantitative estimate of drug-likeness (QED) is 0.897. The second kappa shape index (κ2) is 5.26. The van der Waals surface area contributed by atoms with Crippen LogP contribution in [0.1, 0.15) is 9.88 Å². The molecule has 0 bridgehead atoms. The summed E-state index contributed by atoms with van der Waals surface area (Å²) in [4.78, 5) is 9.03. The van der Waals surface area contributed by atoms with E-state index in [2.05, 4.69) is 20.6 Å². The molecule has 0 aliphatic rings. The lowest BCUT2D eigenvalue weighted by molar-refractivity contribution is 0.578. The summed E-state index contributed by atoms with van der Waals surface area (Å²) in [5, 5.41) is 6.18. The number of anilines is 2. The number of hydrogen-bond acceptors (Lipinski definition) is 5. The Morgan fingerprint density at radius 3 is 2.61 bits per heavy atom. The van der Waals surface area contributed by atoms with Gasteiger partial charge < -0.3 is 10.6 Å². The lowest BCUT2D eigenvalue weighted by Crippen LogP contribution is -2.06. The molecule has 0 aliphatic heterocycles. The van der Waals surface area contributed by atoms with Crippen molar-refractivity contribution in [2.45, 2.75) is 13.5 Å². The predicted molar refractivity (Wildman–Crippen MR) is 67.9 cm³/mol. The second-order valence-corrected chi connectivity index (χ2v) is 4.94. The van der Waals surface area contributed by atoms with E-state index in [1.54, 1.807) is 6.20 Å². The minimum absolute atomic E-state index is 0.00797. The summed E-state index contributed by atoms with van der Waals surface area (Å²) >= 11 is 1.51. The molecule has 2 aromatic heterocycles. The van der Waals surface area contributed by atoms with Gasteiger partial charge in [0.25, 0.3) is 0 Å². The van der Waals surface area contributed by atoms with Gasteiger partial charge in [-0.3, -0.25) is 0 Å². The maximum atomic E-state index is 13.5. The van der Waals surface area contributed by atoms with Gasteiger partial charge in [-0.15, -0.1) is 11.3 Å². The van der Waals surface area contributed by atoms with E-state index in [9.17, 15) is 8.78 Å². The molecule has 2 aromatic rings. The number of pyridine rings is 1. The monoisotopic (exact) mass is 270 g/mol. The molecule has 4 nitrogen and oxygen atoms in total. The molecule has 0 aromatic carbocycles. The Kier molecular flexibility index (Phi) is 3.71. The molecule has 0 radical (unpaired) electrons. The molecular weight excluding hydrogens is 258 g/mol. The average Bonchev–Trinajstić information content (AvgIpc) is 2.74. The minimum atomic E-state index is -0.722. The van der Waals surface area contributed by atoms with Gasteiger partial charge in [0.05, 0.1) is 6.54 Å². The topological polar surface area (TPSA) is 49.8 Å². The van der Waals surface area contributed by atoms with Crippen LogP contribution in [-0.4, -0.2) is 17.0 Å². The van der Waals surface area contributed by atoms with Crippen molar-refractivity contribution in [2.24, 2.45) is 0 Å². The number of aryl methyl sites for hydroxylation is 1. The minimum Gasteiger partial charge on any atom is -0.371 e. The van der Waals surface area contributed by atoms with Gasteiger partial charge in [-0.1, -0.05) is 0 Å². The molecule has 96 valence electrons. The summed E-state index contributed by atoms with van der Waals surface area (Å²) in [6, 6.07) is 0.800. The Balaban J connectivity index is 2.13. The lowest BCUT2D eigenvalue weighted by Gasteiger charge is -2.08. The van der Waals surface area contributed by atoms with E-state index < -0.39 is 11.6 Å². The van der Waals surface area contributed by atoms with E-state index in [4.69, 9.17) is 0 Å². The lowest BCUT2D eigenvalue weighted by atomic mass is 10.4. The highest BCUT2D eigenvalue weighted by molar-refractivity contribution is 7.11. The van der Waals surface area contributed by atoms with Crippen molar-refractivity contribution < 1.29 is 8.78 Å². The summed E-state index contributed by atoms with van der Waals surface area (Å²) in [5.41, 5.74) is 0. The van der Waals surface area contributed by atoms with E-state index in [0.717, 1.165) is 16.0 Å². The molecule has 0 atom stereocenters. The first-order valence-corrected chi connectivity index (χ1v) is 6.10. The number of halogens is 2. The maximum absolute atomic E-state index is 13.5. The molecule has 0 aliphatic carbocycles. The smallest absolute Gasteiger partial charge is 0.168 e. The van der Waals surface area contributed by atoms with Crippen LogP contribution in [0.25, 0.3) is 0 Å². The van der Waals surface area contributed by atoms with Crippen molar-refractivity contribution in [2.75, 3.05) is 17.7 Å². The van der Waals surface area contributed by atoms with Gasteiger partial charge in [0, 0.05) is 24.2 Å². The van der Waals surface area contributed by atoms with Crippen LogP contribution < -0.4 is 10.6 Å². The van der Waals surface area contributed by atoms with Crippen molar-refractivity contribution in [3.05, 3.63) is 33.8 Å². The van der Waals surface area contributed by atoms with Crippen LogP contribution in [-0.2, 0) is 6.54 Å². The predicted octanol–water partition coefficient (Wildman–Crippen LogP) is 2.78. The Bertz CT molecular complexity index is 556.